The van der Waals surface area contributed by atoms with Crippen LogP contribution in [0, 0.1) is 0 Å². The number of nitrogens with zero attached hydrogens (tertiary/aromatic N) is 1. The molecule has 0 aromatic heterocycles. The number of carbonyl (C=O) groups excluding carboxylic acids is 1. The molecule has 106 valence electrons. The minimum absolute atomic E-state index is 0.0141. The SMILES string of the molecule is CCCCCN(C)CCC(=O)Nc1ccccc1N. The number of unbranched alkanes of at least 4 members (excludes halogenated alkanes) is 2. The highest BCUT2D eigenvalue weighted by Gasteiger charge is 2.06. The van der Waals surface area contributed by atoms with E-state index in [1.165, 1.54) is 19.3 Å². The standard InChI is InChI=1S/C15H25N3O/c1-3-4-7-11-18(2)12-10-15(19)17-14-9-6-5-8-13(14)16/h5-6,8-9H,3-4,7,10-12,16H2,1-2H3,(H,17,19). The molecule has 1 aromatic carbocycles. The van der Waals surface area contributed by atoms with Gasteiger partial charge < -0.3 is 16.0 Å². The van der Waals surface area contributed by atoms with Crippen molar-refractivity contribution in [3.05, 3.63) is 24.3 Å². The van der Waals surface area contributed by atoms with Crippen molar-refractivity contribution >= 4 is 17.3 Å². The van der Waals surface area contributed by atoms with Gasteiger partial charge >= 0.3 is 0 Å². The molecule has 0 heterocycles. The quantitative estimate of drug-likeness (QED) is 0.560. The van der Waals surface area contributed by atoms with E-state index in [1.54, 1.807) is 6.07 Å². The third-order valence-electron chi connectivity index (χ3n) is 3.10. The molecule has 4 nitrogen and oxygen atoms in total. The Balaban J connectivity index is 2.26. The molecular weight excluding hydrogens is 238 g/mol. The molecule has 3 N–H and O–H groups in total. The zero-order chi connectivity index (χ0) is 14.1. The number of nitrogens with two attached hydrogens (primary N) is 1. The fraction of sp³-hybridized carbons (Fsp3) is 0.533. The van der Waals surface area contributed by atoms with E-state index in [2.05, 4.69) is 24.2 Å². The first-order valence-electron chi connectivity index (χ1n) is 6.96. The first-order valence-corrected chi connectivity index (χ1v) is 6.96. The highest BCUT2D eigenvalue weighted by molar-refractivity contribution is 5.93. The Morgan fingerprint density at radius 1 is 1.26 bits per heavy atom. The summed E-state index contributed by atoms with van der Waals surface area (Å²) in [7, 11) is 2.06. The van der Waals surface area contributed by atoms with Crippen LogP contribution in [0.2, 0.25) is 0 Å². The Kier molecular flexibility index (Phi) is 6.97. The van der Waals surface area contributed by atoms with E-state index in [9.17, 15) is 4.79 Å². The molecule has 19 heavy (non-hydrogen) atoms. The van der Waals surface area contributed by atoms with Crippen molar-refractivity contribution in [3.63, 3.8) is 0 Å². The molecule has 0 bridgehead atoms. The predicted molar refractivity (Wildman–Crippen MR) is 81.1 cm³/mol. The zero-order valence-electron chi connectivity index (χ0n) is 12.0. The fourth-order valence-electron chi connectivity index (χ4n) is 1.86. The monoisotopic (exact) mass is 263 g/mol. The number of nitrogen functional groups attached to an aromatic ring is 1. The van der Waals surface area contributed by atoms with E-state index in [0.717, 1.165) is 13.1 Å². The summed E-state index contributed by atoms with van der Waals surface area (Å²) < 4.78 is 0. The minimum atomic E-state index is 0.0141. The van der Waals surface area contributed by atoms with Gasteiger partial charge in [-0.1, -0.05) is 31.9 Å². The van der Waals surface area contributed by atoms with Gasteiger partial charge in [0.25, 0.3) is 0 Å². The Morgan fingerprint density at radius 2 is 2.00 bits per heavy atom. The van der Waals surface area contributed by atoms with Gasteiger partial charge in [0.05, 0.1) is 11.4 Å². The van der Waals surface area contributed by atoms with Crippen LogP contribution in [0.15, 0.2) is 24.3 Å². The molecule has 0 saturated carbocycles. The summed E-state index contributed by atoms with van der Waals surface area (Å²) >= 11 is 0. The predicted octanol–water partition coefficient (Wildman–Crippen LogP) is 2.72. The number of carbonyl (C=O) groups is 1. The lowest BCUT2D eigenvalue weighted by Gasteiger charge is -2.16. The second-order valence-corrected chi connectivity index (χ2v) is 4.90. The highest BCUT2D eigenvalue weighted by Crippen LogP contribution is 2.16. The van der Waals surface area contributed by atoms with E-state index < -0.39 is 0 Å². The number of hydrogen-bond donors (Lipinski definition) is 2. The van der Waals surface area contributed by atoms with Crippen LogP contribution in [0.3, 0.4) is 0 Å². The molecule has 0 atom stereocenters. The van der Waals surface area contributed by atoms with Crippen LogP contribution < -0.4 is 11.1 Å². The van der Waals surface area contributed by atoms with Crippen molar-refractivity contribution < 1.29 is 4.79 Å². The second kappa shape index (κ2) is 8.53. The van der Waals surface area contributed by atoms with E-state index >= 15 is 0 Å². The molecule has 0 radical (unpaired) electrons. The molecule has 0 spiro atoms. The van der Waals surface area contributed by atoms with Crippen molar-refractivity contribution in [2.75, 3.05) is 31.2 Å². The van der Waals surface area contributed by atoms with Crippen molar-refractivity contribution in [1.82, 2.24) is 4.90 Å². The summed E-state index contributed by atoms with van der Waals surface area (Å²) in [6.07, 6.45) is 4.16. The maximum Gasteiger partial charge on any atom is 0.225 e. The average Bonchev–Trinajstić information content (AvgIpc) is 2.39. The Hall–Kier alpha value is -1.55. The van der Waals surface area contributed by atoms with Gasteiger partial charge in [0.15, 0.2) is 0 Å². The smallest absolute Gasteiger partial charge is 0.225 e. The molecule has 0 saturated heterocycles. The lowest BCUT2D eigenvalue weighted by Crippen LogP contribution is -2.25. The van der Waals surface area contributed by atoms with Crippen LogP contribution in [0.1, 0.15) is 32.6 Å². The Morgan fingerprint density at radius 3 is 2.68 bits per heavy atom. The molecule has 1 rings (SSSR count). The molecule has 0 aliphatic heterocycles. The van der Waals surface area contributed by atoms with Gasteiger partial charge in [-0.3, -0.25) is 4.79 Å². The summed E-state index contributed by atoms with van der Waals surface area (Å²) in [5, 5.41) is 2.84. The lowest BCUT2D eigenvalue weighted by atomic mass is 10.2. The van der Waals surface area contributed by atoms with E-state index in [1.807, 2.05) is 18.2 Å². The van der Waals surface area contributed by atoms with Crippen LogP contribution in [0.5, 0.6) is 0 Å². The number of para-hydroxylation sites is 2. The maximum atomic E-state index is 11.8. The van der Waals surface area contributed by atoms with Gasteiger partial charge in [-0.15, -0.1) is 0 Å². The topological polar surface area (TPSA) is 58.4 Å². The van der Waals surface area contributed by atoms with Gasteiger partial charge in [0.2, 0.25) is 5.91 Å². The van der Waals surface area contributed by atoms with Gasteiger partial charge in [0.1, 0.15) is 0 Å². The number of amides is 1. The first-order chi connectivity index (χ1) is 9.13. The molecule has 4 heteroatoms. The second-order valence-electron chi connectivity index (χ2n) is 4.90. The summed E-state index contributed by atoms with van der Waals surface area (Å²) in [5.41, 5.74) is 7.08. The van der Waals surface area contributed by atoms with Gasteiger partial charge in [-0.25, -0.2) is 0 Å². The molecular formula is C15H25N3O. The number of benzene rings is 1. The Bertz CT molecular complexity index is 393. The highest BCUT2D eigenvalue weighted by atomic mass is 16.1. The zero-order valence-corrected chi connectivity index (χ0v) is 12.0. The number of hydrogen-bond acceptors (Lipinski definition) is 3. The van der Waals surface area contributed by atoms with Crippen molar-refractivity contribution in [2.24, 2.45) is 0 Å². The van der Waals surface area contributed by atoms with Crippen molar-refractivity contribution in [2.45, 2.75) is 32.6 Å². The minimum Gasteiger partial charge on any atom is -0.397 e. The number of rotatable bonds is 8. The van der Waals surface area contributed by atoms with E-state index in [0.29, 0.717) is 17.8 Å². The summed E-state index contributed by atoms with van der Waals surface area (Å²) in [6, 6.07) is 7.32. The summed E-state index contributed by atoms with van der Waals surface area (Å²) in [5.74, 6) is 0.0141. The van der Waals surface area contributed by atoms with Gasteiger partial charge in [-0.05, 0) is 32.1 Å². The lowest BCUT2D eigenvalue weighted by molar-refractivity contribution is -0.116. The van der Waals surface area contributed by atoms with Crippen LogP contribution in [-0.2, 0) is 4.79 Å². The van der Waals surface area contributed by atoms with Crippen LogP contribution in [0.25, 0.3) is 0 Å². The Labute approximate surface area is 116 Å². The normalized spacial score (nSPS) is 10.7. The van der Waals surface area contributed by atoms with E-state index in [-0.39, 0.29) is 5.91 Å². The third-order valence-corrected chi connectivity index (χ3v) is 3.10. The molecule has 0 aliphatic rings. The van der Waals surface area contributed by atoms with Crippen LogP contribution in [0.4, 0.5) is 11.4 Å². The molecule has 1 amide bonds. The molecule has 1 aromatic rings. The van der Waals surface area contributed by atoms with Crippen molar-refractivity contribution in [3.8, 4) is 0 Å². The summed E-state index contributed by atoms with van der Waals surface area (Å²) in [6.45, 7) is 4.02. The number of anilines is 2. The fourth-order valence-corrected chi connectivity index (χ4v) is 1.86. The first kappa shape index (κ1) is 15.5. The average molecular weight is 263 g/mol. The van der Waals surface area contributed by atoms with Crippen LogP contribution >= 0.6 is 0 Å². The largest absolute Gasteiger partial charge is 0.397 e. The van der Waals surface area contributed by atoms with Gasteiger partial charge in [0, 0.05) is 13.0 Å². The van der Waals surface area contributed by atoms with E-state index in [4.69, 9.17) is 5.73 Å². The van der Waals surface area contributed by atoms with Crippen molar-refractivity contribution in [1.29, 1.82) is 0 Å². The maximum absolute atomic E-state index is 11.8. The molecule has 0 unspecified atom stereocenters. The van der Waals surface area contributed by atoms with Crippen LogP contribution in [-0.4, -0.2) is 30.9 Å². The summed E-state index contributed by atoms with van der Waals surface area (Å²) in [4.78, 5) is 14.0. The third kappa shape index (κ3) is 6.25. The number of nitrogens with one attached hydrogen (secondary N) is 1. The molecule has 0 aliphatic carbocycles. The molecule has 0 fully saturated rings. The van der Waals surface area contributed by atoms with Gasteiger partial charge in [-0.2, -0.15) is 0 Å².